The summed E-state index contributed by atoms with van der Waals surface area (Å²) in [6.07, 6.45) is 3.29. The first-order valence-corrected chi connectivity index (χ1v) is 14.1. The fourth-order valence-corrected chi connectivity index (χ4v) is 8.63. The van der Waals surface area contributed by atoms with Gasteiger partial charge < -0.3 is 4.74 Å². The second-order valence-electron chi connectivity index (χ2n) is 8.96. The number of pyridine rings is 2. The molecule has 4 aromatic rings. The van der Waals surface area contributed by atoms with Crippen LogP contribution in [0.15, 0.2) is 117 Å². The number of hydrogen-bond donors (Lipinski definition) is 0. The summed E-state index contributed by atoms with van der Waals surface area (Å²) in [5.74, 6) is 0.679. The second kappa shape index (κ2) is 9.81. The highest BCUT2D eigenvalue weighted by atomic mass is 32.3. The van der Waals surface area contributed by atoms with E-state index in [2.05, 4.69) is 13.6 Å². The molecule has 0 spiro atoms. The van der Waals surface area contributed by atoms with Crippen molar-refractivity contribution in [3.63, 3.8) is 0 Å². The molecule has 2 heterocycles. The number of aryl methyl sites for hydroxylation is 1. The molecule has 0 atom stereocenters. The van der Waals surface area contributed by atoms with Crippen LogP contribution in [-0.2, 0) is 10.1 Å². The maximum atomic E-state index is 13.7. The van der Waals surface area contributed by atoms with Gasteiger partial charge in [0, 0.05) is 12.4 Å². The minimum atomic E-state index is -4.07. The Kier molecular flexibility index (Phi) is 6.98. The number of hydrogen-bond acceptors (Lipinski definition) is 5. The number of aromatic nitrogens is 2. The molecule has 2 aromatic carbocycles. The van der Waals surface area contributed by atoms with Crippen molar-refractivity contribution in [3.05, 3.63) is 103 Å². The van der Waals surface area contributed by atoms with Crippen molar-refractivity contribution in [2.45, 2.75) is 53.1 Å². The topological polar surface area (TPSA) is 82.0 Å². The van der Waals surface area contributed by atoms with Crippen LogP contribution in [0, 0.1) is 6.92 Å². The summed E-state index contributed by atoms with van der Waals surface area (Å²) in [6.45, 7) is 7.83. The van der Waals surface area contributed by atoms with Crippen LogP contribution in [0.3, 0.4) is 0 Å². The van der Waals surface area contributed by atoms with E-state index in [9.17, 15) is 8.42 Å². The van der Waals surface area contributed by atoms with Crippen LogP contribution >= 0.6 is 10.3 Å². The molecule has 0 saturated heterocycles. The van der Waals surface area contributed by atoms with E-state index in [1.54, 1.807) is 60.9 Å². The fraction of sp³-hybridized carbons (Fsp3) is 0.185. The predicted molar refractivity (Wildman–Crippen MR) is 139 cm³/mol. The standard InChI is InChI=1S/C27H28N2O4S2/c1-21-11-15-24(16-12-21)35(30,31)33-34(25-9-5-7-19-28-25,26-10-6-8-20-29-26)23-17-13-22(14-18-23)32-27(2,3)4/h5-20H,1-4H3/p+1. The third-order valence-corrected chi connectivity index (χ3v) is 10.2. The van der Waals surface area contributed by atoms with Crippen LogP contribution < -0.4 is 4.74 Å². The van der Waals surface area contributed by atoms with Crippen LogP contribution in [0.1, 0.15) is 26.3 Å². The van der Waals surface area contributed by atoms with Gasteiger partial charge >= 0.3 is 10.1 Å². The van der Waals surface area contributed by atoms with Crippen LogP contribution in [0.4, 0.5) is 0 Å². The zero-order chi connectivity index (χ0) is 25.1. The van der Waals surface area contributed by atoms with Gasteiger partial charge in [0.15, 0.2) is 10.1 Å². The van der Waals surface area contributed by atoms with Gasteiger partial charge in [-0.05, 0) is 88.4 Å². The van der Waals surface area contributed by atoms with Gasteiger partial charge in [-0.1, -0.05) is 29.8 Å². The SMILES string of the molecule is Cc1ccc(S(=O)(=O)[OH+]S(c2ccc(OC(C)(C)C)cc2)(c2ccccn2)c2ccccn2)cc1. The van der Waals surface area contributed by atoms with E-state index in [4.69, 9.17) is 4.74 Å². The highest BCUT2D eigenvalue weighted by Gasteiger charge is 2.46. The van der Waals surface area contributed by atoms with E-state index in [-0.39, 0.29) is 10.5 Å². The van der Waals surface area contributed by atoms with Crippen molar-refractivity contribution in [3.8, 4) is 5.75 Å². The predicted octanol–water partition coefficient (Wildman–Crippen LogP) is 6.64. The van der Waals surface area contributed by atoms with Crippen molar-refractivity contribution < 1.29 is 16.8 Å². The zero-order valence-electron chi connectivity index (χ0n) is 20.1. The molecule has 6 nitrogen and oxygen atoms in total. The lowest BCUT2D eigenvalue weighted by molar-refractivity contribution is 0.131. The lowest BCUT2D eigenvalue weighted by atomic mass is 10.2. The number of nitrogens with zero attached hydrogens (tertiary/aromatic N) is 2. The molecule has 182 valence electrons. The number of benzene rings is 2. The molecule has 0 amide bonds. The molecule has 0 bridgehead atoms. The second-order valence-corrected chi connectivity index (χ2v) is 13.5. The summed E-state index contributed by atoms with van der Waals surface area (Å²) in [6, 6.07) is 24.9. The lowest BCUT2D eigenvalue weighted by Gasteiger charge is -2.32. The molecule has 0 aliphatic rings. The molecule has 0 unspecified atom stereocenters. The van der Waals surface area contributed by atoms with E-state index >= 15 is 0 Å². The first kappa shape index (κ1) is 24.9. The summed E-state index contributed by atoms with van der Waals surface area (Å²) >= 11 is 0. The minimum absolute atomic E-state index is 0.125. The molecule has 0 radical (unpaired) electrons. The minimum Gasteiger partial charge on any atom is -0.488 e. The molecule has 0 aliphatic heterocycles. The van der Waals surface area contributed by atoms with Crippen LogP contribution in [0.2, 0.25) is 0 Å². The van der Waals surface area contributed by atoms with E-state index in [1.165, 1.54) is 0 Å². The summed E-state index contributed by atoms with van der Waals surface area (Å²) < 4.78 is 38.1. The first-order valence-electron chi connectivity index (χ1n) is 11.1. The van der Waals surface area contributed by atoms with Gasteiger partial charge in [-0.15, -0.1) is 8.42 Å². The molecule has 35 heavy (non-hydrogen) atoms. The van der Waals surface area contributed by atoms with Gasteiger partial charge in [-0.2, -0.15) is 0 Å². The summed E-state index contributed by atoms with van der Waals surface area (Å²) in [7, 11) is -6.82. The maximum absolute atomic E-state index is 13.7. The third kappa shape index (κ3) is 5.56. The molecule has 8 heteroatoms. The number of rotatable bonds is 7. The summed E-state index contributed by atoms with van der Waals surface area (Å²) in [5, 5.41) is 1.05. The Hall–Kier alpha value is -3.20. The van der Waals surface area contributed by atoms with Crippen molar-refractivity contribution in [1.29, 1.82) is 0 Å². The Labute approximate surface area is 208 Å². The largest absolute Gasteiger partial charge is 0.488 e. The Morgan fingerprint density at radius 1 is 0.714 bits per heavy atom. The van der Waals surface area contributed by atoms with Crippen LogP contribution in [0.5, 0.6) is 5.75 Å². The van der Waals surface area contributed by atoms with Crippen molar-refractivity contribution in [2.75, 3.05) is 0 Å². The molecule has 0 aliphatic carbocycles. The molecule has 4 rings (SSSR count). The van der Waals surface area contributed by atoms with Crippen LogP contribution in [-0.4, -0.2) is 27.6 Å². The monoisotopic (exact) mass is 509 g/mol. The zero-order valence-corrected chi connectivity index (χ0v) is 21.8. The Morgan fingerprint density at radius 2 is 1.23 bits per heavy atom. The van der Waals surface area contributed by atoms with E-state index in [0.717, 1.165) is 5.56 Å². The van der Waals surface area contributed by atoms with Gasteiger partial charge in [-0.25, -0.2) is 9.97 Å². The van der Waals surface area contributed by atoms with Crippen molar-refractivity contribution >= 4 is 20.4 Å². The third-order valence-electron chi connectivity index (χ3n) is 5.00. The first-order chi connectivity index (χ1) is 16.6. The Balaban J connectivity index is 1.94. The van der Waals surface area contributed by atoms with Crippen LogP contribution in [0.25, 0.3) is 0 Å². The molecule has 1 N–H and O–H groups in total. The molecule has 2 aromatic heterocycles. The van der Waals surface area contributed by atoms with Gasteiger partial charge in [-0.3, -0.25) is 3.63 Å². The lowest BCUT2D eigenvalue weighted by Crippen LogP contribution is -2.23. The number of ether oxygens (including phenoxy) is 1. The van der Waals surface area contributed by atoms with E-state index in [1.807, 2.05) is 64.1 Å². The average Bonchev–Trinajstić information content (AvgIpc) is 2.83. The highest BCUT2D eigenvalue weighted by molar-refractivity contribution is 8.32. The van der Waals surface area contributed by atoms with Gasteiger partial charge in [0.05, 0.1) is 4.90 Å². The summed E-state index contributed by atoms with van der Waals surface area (Å²) in [5.41, 5.74) is 0.596. The summed E-state index contributed by atoms with van der Waals surface area (Å²) in [4.78, 5) is 9.98. The molecular weight excluding hydrogens is 480 g/mol. The smallest absolute Gasteiger partial charge is 0.422 e. The molecular formula is C27H29N2O4S2+. The molecule has 0 saturated carbocycles. The van der Waals surface area contributed by atoms with E-state index < -0.39 is 20.4 Å². The highest BCUT2D eigenvalue weighted by Crippen LogP contribution is 2.67. The normalized spacial score (nSPS) is 12.8. The van der Waals surface area contributed by atoms with Gasteiger partial charge in [0.1, 0.15) is 26.6 Å². The fourth-order valence-electron chi connectivity index (χ4n) is 3.47. The van der Waals surface area contributed by atoms with Crippen molar-refractivity contribution in [1.82, 2.24) is 9.97 Å². The average molecular weight is 510 g/mol. The maximum Gasteiger partial charge on any atom is 0.422 e. The van der Waals surface area contributed by atoms with Crippen molar-refractivity contribution in [2.24, 2.45) is 0 Å². The Morgan fingerprint density at radius 3 is 1.69 bits per heavy atom. The van der Waals surface area contributed by atoms with E-state index in [0.29, 0.717) is 20.7 Å². The quantitative estimate of drug-likeness (QED) is 0.206. The van der Waals surface area contributed by atoms with Gasteiger partial charge in [0.2, 0.25) is 0 Å². The molecule has 0 fully saturated rings. The van der Waals surface area contributed by atoms with Gasteiger partial charge in [0.25, 0.3) is 0 Å². The Bertz CT molecular complexity index is 1330.